The van der Waals surface area contributed by atoms with Crippen molar-refractivity contribution in [3.05, 3.63) is 0 Å². The van der Waals surface area contributed by atoms with Gasteiger partial charge in [-0.05, 0) is 6.42 Å². The van der Waals surface area contributed by atoms with Crippen molar-refractivity contribution < 1.29 is 9.84 Å². The van der Waals surface area contributed by atoms with Gasteiger partial charge in [-0.3, -0.25) is 4.99 Å². The summed E-state index contributed by atoms with van der Waals surface area (Å²) in [7, 11) is 0. The number of ether oxygens (including phenoxy) is 1. The topological polar surface area (TPSA) is 41.8 Å². The van der Waals surface area contributed by atoms with Crippen LogP contribution in [0.3, 0.4) is 0 Å². The van der Waals surface area contributed by atoms with Crippen LogP contribution in [0.2, 0.25) is 0 Å². The van der Waals surface area contributed by atoms with Gasteiger partial charge < -0.3 is 9.84 Å². The molecule has 1 heterocycles. The summed E-state index contributed by atoms with van der Waals surface area (Å²) in [4.78, 5) is 4.09. The van der Waals surface area contributed by atoms with Gasteiger partial charge in [-0.15, -0.1) is 0 Å². The molecular weight excluding hydrogens is 142 g/mol. The van der Waals surface area contributed by atoms with Gasteiger partial charge >= 0.3 is 0 Å². The third-order valence-electron chi connectivity index (χ3n) is 1.68. The second-order valence-electron chi connectivity index (χ2n) is 2.77. The molecule has 0 aliphatic carbocycles. The molecule has 11 heavy (non-hydrogen) atoms. The Hall–Kier alpha value is -0.570. The molecule has 1 N–H and O–H groups in total. The Kier molecular flexibility index (Phi) is 3.36. The van der Waals surface area contributed by atoms with Gasteiger partial charge in [0.25, 0.3) is 0 Å². The van der Waals surface area contributed by atoms with Crippen LogP contribution in [0.15, 0.2) is 4.99 Å². The molecule has 1 aliphatic rings. The molecule has 0 saturated carbocycles. The fourth-order valence-corrected chi connectivity index (χ4v) is 1.14. The van der Waals surface area contributed by atoms with Crippen molar-refractivity contribution in [2.45, 2.75) is 32.3 Å². The summed E-state index contributed by atoms with van der Waals surface area (Å²) in [5.41, 5.74) is 0. The molecule has 0 aromatic carbocycles. The minimum absolute atomic E-state index is 0.267. The number of hydrogen-bond acceptors (Lipinski definition) is 3. The largest absolute Gasteiger partial charge is 0.479 e. The first kappa shape index (κ1) is 8.53. The standard InChI is InChI=1S/C8H15NO2/c1-2-3-7(10)6-8-9-4-5-11-8/h7,10H,2-6H2,1H3. The van der Waals surface area contributed by atoms with E-state index < -0.39 is 0 Å². The van der Waals surface area contributed by atoms with Crippen LogP contribution < -0.4 is 0 Å². The van der Waals surface area contributed by atoms with E-state index in [1.165, 1.54) is 0 Å². The SMILES string of the molecule is CCCC(O)CC1=NCCO1. The van der Waals surface area contributed by atoms with E-state index in [1.54, 1.807) is 0 Å². The zero-order valence-corrected chi connectivity index (χ0v) is 6.92. The van der Waals surface area contributed by atoms with E-state index in [-0.39, 0.29) is 6.10 Å². The first-order valence-corrected chi connectivity index (χ1v) is 4.17. The Morgan fingerprint density at radius 2 is 2.55 bits per heavy atom. The molecule has 1 rings (SSSR count). The third kappa shape index (κ3) is 2.89. The zero-order chi connectivity index (χ0) is 8.10. The fraction of sp³-hybridized carbons (Fsp3) is 0.875. The molecule has 64 valence electrons. The highest BCUT2D eigenvalue weighted by Crippen LogP contribution is 2.06. The third-order valence-corrected chi connectivity index (χ3v) is 1.68. The average molecular weight is 157 g/mol. The van der Waals surface area contributed by atoms with Gasteiger partial charge in [0.1, 0.15) is 6.61 Å². The van der Waals surface area contributed by atoms with E-state index in [4.69, 9.17) is 4.74 Å². The Labute approximate surface area is 67.1 Å². The number of aliphatic imine (C=N–C) groups is 1. The second kappa shape index (κ2) is 4.34. The van der Waals surface area contributed by atoms with Gasteiger partial charge in [0.05, 0.1) is 12.6 Å². The van der Waals surface area contributed by atoms with Gasteiger partial charge in [0.15, 0.2) is 5.90 Å². The lowest BCUT2D eigenvalue weighted by Crippen LogP contribution is -2.13. The number of nitrogens with zero attached hydrogens (tertiary/aromatic N) is 1. The highest BCUT2D eigenvalue weighted by molar-refractivity contribution is 5.77. The van der Waals surface area contributed by atoms with E-state index >= 15 is 0 Å². The van der Waals surface area contributed by atoms with Crippen molar-refractivity contribution in [2.24, 2.45) is 4.99 Å². The van der Waals surface area contributed by atoms with Crippen LogP contribution in [-0.4, -0.2) is 30.3 Å². The van der Waals surface area contributed by atoms with E-state index in [0.29, 0.717) is 13.0 Å². The molecule has 3 nitrogen and oxygen atoms in total. The molecule has 0 aromatic heterocycles. The first-order valence-electron chi connectivity index (χ1n) is 4.17. The summed E-state index contributed by atoms with van der Waals surface area (Å²) in [6.07, 6.45) is 2.17. The maximum Gasteiger partial charge on any atom is 0.185 e. The Balaban J connectivity index is 2.18. The van der Waals surface area contributed by atoms with Crippen molar-refractivity contribution in [3.8, 4) is 0 Å². The van der Waals surface area contributed by atoms with Crippen LogP contribution >= 0.6 is 0 Å². The number of aliphatic hydroxyl groups is 1. The van der Waals surface area contributed by atoms with Crippen molar-refractivity contribution in [2.75, 3.05) is 13.2 Å². The highest BCUT2D eigenvalue weighted by atomic mass is 16.5. The summed E-state index contributed by atoms with van der Waals surface area (Å²) in [6, 6.07) is 0. The van der Waals surface area contributed by atoms with Gasteiger partial charge in [-0.25, -0.2) is 0 Å². The lowest BCUT2D eigenvalue weighted by atomic mass is 10.1. The molecule has 0 aromatic rings. The number of hydrogen-bond donors (Lipinski definition) is 1. The normalized spacial score (nSPS) is 19.3. The predicted molar refractivity (Wildman–Crippen MR) is 43.8 cm³/mol. The molecule has 0 radical (unpaired) electrons. The van der Waals surface area contributed by atoms with Crippen LogP contribution in [0.25, 0.3) is 0 Å². The molecule has 0 amide bonds. The maximum atomic E-state index is 9.35. The molecule has 1 unspecified atom stereocenters. The fourth-order valence-electron chi connectivity index (χ4n) is 1.14. The molecule has 1 atom stereocenters. The van der Waals surface area contributed by atoms with Gasteiger partial charge in [0, 0.05) is 6.42 Å². The molecular formula is C8H15NO2. The molecule has 0 bridgehead atoms. The molecule has 0 fully saturated rings. The Morgan fingerprint density at radius 3 is 3.09 bits per heavy atom. The summed E-state index contributed by atoms with van der Waals surface area (Å²) in [5, 5.41) is 9.35. The summed E-state index contributed by atoms with van der Waals surface area (Å²) in [6.45, 7) is 3.50. The van der Waals surface area contributed by atoms with Crippen molar-refractivity contribution in [3.63, 3.8) is 0 Å². The molecule has 1 aliphatic heterocycles. The Bertz CT molecular complexity index is 145. The van der Waals surface area contributed by atoms with Crippen LogP contribution in [0, 0.1) is 0 Å². The molecule has 3 heteroatoms. The summed E-state index contributed by atoms with van der Waals surface area (Å²) < 4.78 is 5.16. The Morgan fingerprint density at radius 1 is 1.73 bits per heavy atom. The minimum atomic E-state index is -0.267. The van der Waals surface area contributed by atoms with Crippen molar-refractivity contribution >= 4 is 5.90 Å². The smallest absolute Gasteiger partial charge is 0.185 e. The van der Waals surface area contributed by atoms with Crippen LogP contribution in [0.5, 0.6) is 0 Å². The summed E-state index contributed by atoms with van der Waals surface area (Å²) in [5.74, 6) is 0.728. The quantitative estimate of drug-likeness (QED) is 0.660. The van der Waals surface area contributed by atoms with E-state index in [1.807, 2.05) is 0 Å². The second-order valence-corrected chi connectivity index (χ2v) is 2.77. The highest BCUT2D eigenvalue weighted by Gasteiger charge is 2.12. The van der Waals surface area contributed by atoms with E-state index in [2.05, 4.69) is 11.9 Å². The van der Waals surface area contributed by atoms with E-state index in [9.17, 15) is 5.11 Å². The van der Waals surface area contributed by atoms with Crippen LogP contribution in [0.1, 0.15) is 26.2 Å². The predicted octanol–water partition coefficient (Wildman–Crippen LogP) is 0.966. The lowest BCUT2D eigenvalue weighted by molar-refractivity contribution is 0.163. The molecule has 0 spiro atoms. The van der Waals surface area contributed by atoms with Crippen molar-refractivity contribution in [1.29, 1.82) is 0 Å². The number of rotatable bonds is 4. The minimum Gasteiger partial charge on any atom is -0.479 e. The monoisotopic (exact) mass is 157 g/mol. The van der Waals surface area contributed by atoms with Gasteiger partial charge in [-0.2, -0.15) is 0 Å². The lowest BCUT2D eigenvalue weighted by Gasteiger charge is -2.07. The zero-order valence-electron chi connectivity index (χ0n) is 6.92. The summed E-state index contributed by atoms with van der Waals surface area (Å²) >= 11 is 0. The average Bonchev–Trinajstić information content (AvgIpc) is 2.40. The van der Waals surface area contributed by atoms with E-state index in [0.717, 1.165) is 25.3 Å². The first-order chi connectivity index (χ1) is 5.33. The van der Waals surface area contributed by atoms with Crippen molar-refractivity contribution in [1.82, 2.24) is 0 Å². The number of aliphatic hydroxyl groups excluding tert-OH is 1. The maximum absolute atomic E-state index is 9.35. The van der Waals surface area contributed by atoms with Gasteiger partial charge in [0.2, 0.25) is 0 Å². The van der Waals surface area contributed by atoms with Crippen LogP contribution in [-0.2, 0) is 4.74 Å². The van der Waals surface area contributed by atoms with Crippen LogP contribution in [0.4, 0.5) is 0 Å². The van der Waals surface area contributed by atoms with Gasteiger partial charge in [-0.1, -0.05) is 13.3 Å². The molecule has 0 saturated heterocycles.